The standard InChI is InChI=1S/C13H19N3O/c1-13(10-14,11-6-3-2-4-7-11)16-9-5-8-15-12(16)17/h2-4,6-7H,5,8-10,14H2,1H3,(H,15,17). The number of nitrogens with two attached hydrogens (primary N) is 1. The highest BCUT2D eigenvalue weighted by atomic mass is 16.2. The van der Waals surface area contributed by atoms with E-state index in [1.54, 1.807) is 0 Å². The molecule has 2 rings (SSSR count). The van der Waals surface area contributed by atoms with Crippen molar-refractivity contribution in [3.8, 4) is 0 Å². The zero-order valence-corrected chi connectivity index (χ0v) is 10.1. The van der Waals surface area contributed by atoms with Crippen LogP contribution in [0.4, 0.5) is 4.79 Å². The zero-order valence-electron chi connectivity index (χ0n) is 10.1. The van der Waals surface area contributed by atoms with E-state index >= 15 is 0 Å². The molecule has 0 bridgehead atoms. The molecule has 1 saturated heterocycles. The van der Waals surface area contributed by atoms with Crippen LogP contribution >= 0.6 is 0 Å². The summed E-state index contributed by atoms with van der Waals surface area (Å²) in [4.78, 5) is 13.8. The Morgan fingerprint density at radius 3 is 2.71 bits per heavy atom. The fourth-order valence-corrected chi connectivity index (χ4v) is 2.28. The van der Waals surface area contributed by atoms with E-state index in [2.05, 4.69) is 5.32 Å². The minimum atomic E-state index is -0.425. The van der Waals surface area contributed by atoms with E-state index in [0.717, 1.165) is 25.1 Å². The Balaban J connectivity index is 2.33. The molecule has 4 heteroatoms. The van der Waals surface area contributed by atoms with Crippen LogP contribution in [0.5, 0.6) is 0 Å². The molecule has 1 aliphatic rings. The van der Waals surface area contributed by atoms with Gasteiger partial charge in [0.25, 0.3) is 0 Å². The Morgan fingerprint density at radius 2 is 2.12 bits per heavy atom. The van der Waals surface area contributed by atoms with Gasteiger partial charge in [0.1, 0.15) is 0 Å². The van der Waals surface area contributed by atoms with E-state index < -0.39 is 5.54 Å². The molecule has 1 aromatic carbocycles. The summed E-state index contributed by atoms with van der Waals surface area (Å²) in [5, 5.41) is 2.87. The Hall–Kier alpha value is -1.55. The number of carbonyl (C=O) groups excluding carboxylic acids is 1. The third-order valence-corrected chi connectivity index (χ3v) is 3.47. The molecule has 2 amide bonds. The topological polar surface area (TPSA) is 58.4 Å². The van der Waals surface area contributed by atoms with Gasteiger partial charge >= 0.3 is 6.03 Å². The predicted octanol–water partition coefficient (Wildman–Crippen LogP) is 1.28. The minimum Gasteiger partial charge on any atom is -0.338 e. The van der Waals surface area contributed by atoms with Gasteiger partial charge in [-0.15, -0.1) is 0 Å². The van der Waals surface area contributed by atoms with Crippen molar-refractivity contribution in [2.24, 2.45) is 5.73 Å². The van der Waals surface area contributed by atoms with Crippen LogP contribution < -0.4 is 11.1 Å². The molecule has 0 spiro atoms. The molecule has 17 heavy (non-hydrogen) atoms. The van der Waals surface area contributed by atoms with Crippen LogP contribution in [0.25, 0.3) is 0 Å². The van der Waals surface area contributed by atoms with E-state index in [4.69, 9.17) is 5.73 Å². The number of hydrogen-bond acceptors (Lipinski definition) is 2. The highest BCUT2D eigenvalue weighted by Crippen LogP contribution is 2.28. The van der Waals surface area contributed by atoms with Crippen molar-refractivity contribution in [1.82, 2.24) is 10.2 Å². The van der Waals surface area contributed by atoms with Crippen molar-refractivity contribution in [1.29, 1.82) is 0 Å². The molecule has 1 fully saturated rings. The molecule has 1 unspecified atom stereocenters. The Morgan fingerprint density at radius 1 is 1.41 bits per heavy atom. The number of rotatable bonds is 3. The summed E-state index contributed by atoms with van der Waals surface area (Å²) < 4.78 is 0. The maximum absolute atomic E-state index is 11.9. The molecule has 92 valence electrons. The van der Waals surface area contributed by atoms with Crippen molar-refractivity contribution < 1.29 is 4.79 Å². The van der Waals surface area contributed by atoms with Gasteiger partial charge < -0.3 is 16.0 Å². The first-order valence-corrected chi connectivity index (χ1v) is 5.99. The highest BCUT2D eigenvalue weighted by molar-refractivity contribution is 5.76. The van der Waals surface area contributed by atoms with E-state index in [1.165, 1.54) is 0 Å². The van der Waals surface area contributed by atoms with Gasteiger partial charge in [0.15, 0.2) is 0 Å². The number of amides is 2. The van der Waals surface area contributed by atoms with E-state index in [9.17, 15) is 4.79 Å². The van der Waals surface area contributed by atoms with Crippen molar-refractivity contribution >= 4 is 6.03 Å². The number of hydrogen-bond donors (Lipinski definition) is 2. The smallest absolute Gasteiger partial charge is 0.318 e. The molecular weight excluding hydrogens is 214 g/mol. The Kier molecular flexibility index (Phi) is 3.33. The average molecular weight is 233 g/mol. The second-order valence-electron chi connectivity index (χ2n) is 4.58. The molecule has 0 saturated carbocycles. The lowest BCUT2D eigenvalue weighted by Crippen LogP contribution is -2.58. The van der Waals surface area contributed by atoms with Crippen LogP contribution in [0.15, 0.2) is 30.3 Å². The van der Waals surface area contributed by atoms with E-state index in [1.807, 2.05) is 42.2 Å². The monoisotopic (exact) mass is 233 g/mol. The third kappa shape index (κ3) is 2.13. The van der Waals surface area contributed by atoms with Gasteiger partial charge in [0, 0.05) is 19.6 Å². The normalized spacial score (nSPS) is 19.6. The van der Waals surface area contributed by atoms with Gasteiger partial charge in [-0.1, -0.05) is 30.3 Å². The first-order chi connectivity index (χ1) is 8.18. The number of nitrogens with one attached hydrogen (secondary N) is 1. The summed E-state index contributed by atoms with van der Waals surface area (Å²) >= 11 is 0. The SMILES string of the molecule is CC(CN)(c1ccccc1)N1CCCNC1=O. The summed E-state index contributed by atoms with van der Waals surface area (Å²) in [6, 6.07) is 9.95. The van der Waals surface area contributed by atoms with Crippen molar-refractivity contribution in [3.63, 3.8) is 0 Å². The Bertz CT molecular complexity index is 393. The lowest BCUT2D eigenvalue weighted by molar-refractivity contribution is 0.114. The lowest BCUT2D eigenvalue weighted by atomic mass is 9.89. The maximum atomic E-state index is 11.9. The quantitative estimate of drug-likeness (QED) is 0.826. The summed E-state index contributed by atoms with van der Waals surface area (Å²) in [5.41, 5.74) is 6.57. The summed E-state index contributed by atoms with van der Waals surface area (Å²) in [6.07, 6.45) is 0.966. The lowest BCUT2D eigenvalue weighted by Gasteiger charge is -2.43. The molecule has 1 aromatic rings. The molecule has 4 nitrogen and oxygen atoms in total. The van der Waals surface area contributed by atoms with Gasteiger partial charge in [-0.2, -0.15) is 0 Å². The Labute approximate surface area is 102 Å². The second kappa shape index (κ2) is 4.75. The minimum absolute atomic E-state index is 0.0203. The van der Waals surface area contributed by atoms with Crippen LogP contribution in [-0.2, 0) is 5.54 Å². The summed E-state index contributed by atoms with van der Waals surface area (Å²) in [5.74, 6) is 0. The molecule has 1 heterocycles. The van der Waals surface area contributed by atoms with Crippen molar-refractivity contribution in [2.75, 3.05) is 19.6 Å². The first kappa shape index (κ1) is 11.9. The van der Waals surface area contributed by atoms with Gasteiger partial charge in [-0.05, 0) is 18.9 Å². The number of carbonyl (C=O) groups is 1. The van der Waals surface area contributed by atoms with E-state index in [0.29, 0.717) is 6.54 Å². The van der Waals surface area contributed by atoms with Gasteiger partial charge in [-0.25, -0.2) is 4.79 Å². The molecule has 0 aromatic heterocycles. The fraction of sp³-hybridized carbons (Fsp3) is 0.462. The molecule has 1 atom stereocenters. The van der Waals surface area contributed by atoms with E-state index in [-0.39, 0.29) is 6.03 Å². The average Bonchev–Trinajstić information content (AvgIpc) is 2.39. The fourth-order valence-electron chi connectivity index (χ4n) is 2.28. The molecular formula is C13H19N3O. The molecule has 0 aliphatic carbocycles. The van der Waals surface area contributed by atoms with Gasteiger partial charge in [0.05, 0.1) is 5.54 Å². The zero-order chi connectivity index (χ0) is 12.3. The number of nitrogens with zero attached hydrogens (tertiary/aromatic N) is 1. The molecule has 0 radical (unpaired) electrons. The number of urea groups is 1. The second-order valence-corrected chi connectivity index (χ2v) is 4.58. The van der Waals surface area contributed by atoms with Crippen LogP contribution in [0, 0.1) is 0 Å². The largest absolute Gasteiger partial charge is 0.338 e. The van der Waals surface area contributed by atoms with Crippen molar-refractivity contribution in [3.05, 3.63) is 35.9 Å². The summed E-state index contributed by atoms with van der Waals surface area (Å²) in [7, 11) is 0. The molecule has 3 N–H and O–H groups in total. The van der Waals surface area contributed by atoms with Crippen LogP contribution in [-0.4, -0.2) is 30.6 Å². The summed E-state index contributed by atoms with van der Waals surface area (Å²) in [6.45, 7) is 3.96. The van der Waals surface area contributed by atoms with Gasteiger partial charge in [0.2, 0.25) is 0 Å². The predicted molar refractivity (Wildman–Crippen MR) is 67.6 cm³/mol. The highest BCUT2D eigenvalue weighted by Gasteiger charge is 2.36. The van der Waals surface area contributed by atoms with Crippen LogP contribution in [0.1, 0.15) is 18.9 Å². The van der Waals surface area contributed by atoms with Crippen LogP contribution in [0.2, 0.25) is 0 Å². The maximum Gasteiger partial charge on any atom is 0.318 e. The number of benzene rings is 1. The first-order valence-electron chi connectivity index (χ1n) is 5.99. The van der Waals surface area contributed by atoms with Crippen LogP contribution in [0.3, 0.4) is 0 Å². The molecule has 1 aliphatic heterocycles. The third-order valence-electron chi connectivity index (χ3n) is 3.47. The van der Waals surface area contributed by atoms with Gasteiger partial charge in [-0.3, -0.25) is 0 Å². The van der Waals surface area contributed by atoms with Crippen molar-refractivity contribution in [2.45, 2.75) is 18.9 Å².